The van der Waals surface area contributed by atoms with Crippen LogP contribution < -0.4 is 0 Å². The molecule has 3 heteroatoms. The lowest BCUT2D eigenvalue weighted by Gasteiger charge is -1.98. The van der Waals surface area contributed by atoms with Crippen LogP contribution in [0.15, 0.2) is 24.4 Å². The fraction of sp³-hybridized carbons (Fsp3) is 0.111. The number of halogens is 1. The molecule has 0 saturated carbocycles. The Morgan fingerprint density at radius 3 is 3.00 bits per heavy atom. The largest absolute Gasteiger partial charge is 0.159 e. The smallest absolute Gasteiger partial charge is 0.157 e. The van der Waals surface area contributed by atoms with Crippen molar-refractivity contribution >= 4 is 22.4 Å². The van der Waals surface area contributed by atoms with Crippen molar-refractivity contribution in [3.05, 3.63) is 35.1 Å². The minimum Gasteiger partial charge on any atom is -0.157 e. The molecule has 0 aliphatic carbocycles. The van der Waals surface area contributed by atoms with Gasteiger partial charge in [0.15, 0.2) is 5.15 Å². The summed E-state index contributed by atoms with van der Waals surface area (Å²) in [6.45, 7) is 2.02. The Kier molecular flexibility index (Phi) is 1.70. The molecule has 0 saturated heterocycles. The minimum atomic E-state index is 0.469. The third-order valence-electron chi connectivity index (χ3n) is 1.77. The summed E-state index contributed by atoms with van der Waals surface area (Å²) in [5, 5.41) is 9.99. The fourth-order valence-corrected chi connectivity index (χ4v) is 1.36. The highest BCUT2D eigenvalue weighted by atomic mass is 35.5. The van der Waals surface area contributed by atoms with Gasteiger partial charge in [-0.1, -0.05) is 29.3 Å². The number of benzene rings is 1. The molecule has 60 valence electrons. The SMILES string of the molecule is Cc1ccc2cnnc(Cl)c2c1. The molecule has 0 fully saturated rings. The van der Waals surface area contributed by atoms with Crippen molar-refractivity contribution in [3.8, 4) is 0 Å². The number of aromatic nitrogens is 2. The van der Waals surface area contributed by atoms with Gasteiger partial charge in [-0.05, 0) is 13.0 Å². The first-order valence-corrected chi connectivity index (χ1v) is 4.03. The maximum absolute atomic E-state index is 5.86. The van der Waals surface area contributed by atoms with Crippen molar-refractivity contribution < 1.29 is 0 Å². The molecule has 0 aliphatic rings. The van der Waals surface area contributed by atoms with Crippen LogP contribution in [-0.2, 0) is 0 Å². The first kappa shape index (κ1) is 7.50. The van der Waals surface area contributed by atoms with Gasteiger partial charge in [-0.25, -0.2) is 0 Å². The Hall–Kier alpha value is -1.15. The van der Waals surface area contributed by atoms with Gasteiger partial charge in [0.2, 0.25) is 0 Å². The normalized spacial score (nSPS) is 10.5. The standard InChI is InChI=1S/C9H7ClN2/c1-6-2-3-7-5-11-12-9(10)8(7)4-6/h2-5H,1H3. The zero-order valence-corrected chi connectivity index (χ0v) is 7.34. The molecule has 0 radical (unpaired) electrons. The quantitative estimate of drug-likeness (QED) is 0.620. The molecule has 12 heavy (non-hydrogen) atoms. The molecule has 1 aromatic carbocycles. The summed E-state index contributed by atoms with van der Waals surface area (Å²) in [4.78, 5) is 0. The molecular weight excluding hydrogens is 172 g/mol. The monoisotopic (exact) mass is 178 g/mol. The maximum atomic E-state index is 5.86. The molecule has 2 rings (SSSR count). The topological polar surface area (TPSA) is 25.8 Å². The molecule has 0 N–H and O–H groups in total. The van der Waals surface area contributed by atoms with E-state index in [4.69, 9.17) is 11.6 Å². The van der Waals surface area contributed by atoms with E-state index in [1.807, 2.05) is 25.1 Å². The third-order valence-corrected chi connectivity index (χ3v) is 2.05. The highest BCUT2D eigenvalue weighted by Gasteiger charge is 1.99. The minimum absolute atomic E-state index is 0.469. The Morgan fingerprint density at radius 1 is 1.33 bits per heavy atom. The lowest BCUT2D eigenvalue weighted by atomic mass is 10.1. The van der Waals surface area contributed by atoms with Crippen molar-refractivity contribution in [1.29, 1.82) is 0 Å². The van der Waals surface area contributed by atoms with Gasteiger partial charge in [-0.15, -0.1) is 5.10 Å². The number of hydrogen-bond donors (Lipinski definition) is 0. The van der Waals surface area contributed by atoms with Crippen molar-refractivity contribution in [2.24, 2.45) is 0 Å². The van der Waals surface area contributed by atoms with E-state index in [0.29, 0.717) is 5.15 Å². The molecule has 2 nitrogen and oxygen atoms in total. The van der Waals surface area contributed by atoms with E-state index in [-0.39, 0.29) is 0 Å². The van der Waals surface area contributed by atoms with Gasteiger partial charge in [-0.3, -0.25) is 0 Å². The second kappa shape index (κ2) is 2.72. The molecular formula is C9H7ClN2. The summed E-state index contributed by atoms with van der Waals surface area (Å²) in [6, 6.07) is 6.03. The lowest BCUT2D eigenvalue weighted by Crippen LogP contribution is -1.84. The average Bonchev–Trinajstić information content (AvgIpc) is 2.07. The Bertz CT molecular complexity index is 426. The molecule has 0 spiro atoms. The molecule has 0 bridgehead atoms. The first-order valence-electron chi connectivity index (χ1n) is 3.65. The summed E-state index contributed by atoms with van der Waals surface area (Å²) in [7, 11) is 0. The number of aryl methyl sites for hydroxylation is 1. The molecule has 1 aromatic heterocycles. The fourth-order valence-electron chi connectivity index (χ4n) is 1.16. The van der Waals surface area contributed by atoms with Gasteiger partial charge < -0.3 is 0 Å². The molecule has 0 amide bonds. The Labute approximate surface area is 75.2 Å². The van der Waals surface area contributed by atoms with Crippen LogP contribution in [0.25, 0.3) is 10.8 Å². The van der Waals surface area contributed by atoms with Crippen molar-refractivity contribution in [1.82, 2.24) is 10.2 Å². The predicted molar refractivity (Wildman–Crippen MR) is 49.3 cm³/mol. The van der Waals surface area contributed by atoms with E-state index in [2.05, 4.69) is 10.2 Å². The van der Waals surface area contributed by atoms with Gasteiger partial charge in [0.25, 0.3) is 0 Å². The summed E-state index contributed by atoms with van der Waals surface area (Å²) in [5.41, 5.74) is 1.18. The third kappa shape index (κ3) is 1.14. The summed E-state index contributed by atoms with van der Waals surface area (Å²) < 4.78 is 0. The second-order valence-electron chi connectivity index (χ2n) is 2.73. The Balaban J connectivity index is 2.88. The molecule has 0 aliphatic heterocycles. The molecule has 2 aromatic rings. The van der Waals surface area contributed by atoms with E-state index in [1.54, 1.807) is 6.20 Å². The maximum Gasteiger partial charge on any atom is 0.159 e. The van der Waals surface area contributed by atoms with Gasteiger partial charge in [0.1, 0.15) is 0 Å². The van der Waals surface area contributed by atoms with Crippen molar-refractivity contribution in [3.63, 3.8) is 0 Å². The molecule has 1 heterocycles. The number of hydrogen-bond acceptors (Lipinski definition) is 2. The van der Waals surface area contributed by atoms with Crippen LogP contribution >= 0.6 is 11.6 Å². The van der Waals surface area contributed by atoms with Crippen LogP contribution in [0.5, 0.6) is 0 Å². The van der Waals surface area contributed by atoms with Gasteiger partial charge in [0, 0.05) is 10.8 Å². The van der Waals surface area contributed by atoms with Crippen LogP contribution in [-0.4, -0.2) is 10.2 Å². The van der Waals surface area contributed by atoms with E-state index in [9.17, 15) is 0 Å². The van der Waals surface area contributed by atoms with Crippen LogP contribution in [0.2, 0.25) is 5.15 Å². The van der Waals surface area contributed by atoms with Crippen molar-refractivity contribution in [2.45, 2.75) is 6.92 Å². The van der Waals surface area contributed by atoms with E-state index >= 15 is 0 Å². The van der Waals surface area contributed by atoms with Gasteiger partial charge >= 0.3 is 0 Å². The highest BCUT2D eigenvalue weighted by molar-refractivity contribution is 6.34. The van der Waals surface area contributed by atoms with Crippen LogP contribution in [0.4, 0.5) is 0 Å². The number of rotatable bonds is 0. The van der Waals surface area contributed by atoms with Crippen LogP contribution in [0.3, 0.4) is 0 Å². The summed E-state index contributed by atoms with van der Waals surface area (Å²) >= 11 is 5.86. The molecule has 0 atom stereocenters. The number of nitrogens with zero attached hydrogens (tertiary/aromatic N) is 2. The molecule has 0 unspecified atom stereocenters. The second-order valence-corrected chi connectivity index (χ2v) is 3.08. The zero-order chi connectivity index (χ0) is 8.55. The van der Waals surface area contributed by atoms with Crippen LogP contribution in [0, 0.1) is 6.92 Å². The first-order chi connectivity index (χ1) is 5.77. The van der Waals surface area contributed by atoms with Crippen LogP contribution in [0.1, 0.15) is 5.56 Å². The summed E-state index contributed by atoms with van der Waals surface area (Å²) in [5.74, 6) is 0. The predicted octanol–water partition coefficient (Wildman–Crippen LogP) is 2.59. The lowest BCUT2D eigenvalue weighted by molar-refractivity contribution is 1.05. The summed E-state index contributed by atoms with van der Waals surface area (Å²) in [6.07, 6.45) is 1.71. The van der Waals surface area contributed by atoms with E-state index < -0.39 is 0 Å². The Morgan fingerprint density at radius 2 is 2.17 bits per heavy atom. The number of fused-ring (bicyclic) bond motifs is 1. The zero-order valence-electron chi connectivity index (χ0n) is 6.58. The van der Waals surface area contributed by atoms with Gasteiger partial charge in [-0.2, -0.15) is 5.10 Å². The van der Waals surface area contributed by atoms with E-state index in [0.717, 1.165) is 10.8 Å². The van der Waals surface area contributed by atoms with Crippen molar-refractivity contribution in [2.75, 3.05) is 0 Å². The van der Waals surface area contributed by atoms with E-state index in [1.165, 1.54) is 5.56 Å². The highest BCUT2D eigenvalue weighted by Crippen LogP contribution is 2.20. The average molecular weight is 179 g/mol. The van der Waals surface area contributed by atoms with Gasteiger partial charge in [0.05, 0.1) is 6.20 Å².